The third-order valence-corrected chi connectivity index (χ3v) is 5.49. The molecule has 0 heterocycles. The summed E-state index contributed by atoms with van der Waals surface area (Å²) < 4.78 is 6.29. The Hall–Kier alpha value is -1.71. The number of nitrogens with one attached hydrogen (secondary N) is 1. The Kier molecular flexibility index (Phi) is 6.36. The zero-order valence-electron chi connectivity index (χ0n) is 16.2. The molecule has 4 nitrogen and oxygen atoms in total. The minimum Gasteiger partial charge on any atom is -0.488 e. The highest BCUT2D eigenvalue weighted by Crippen LogP contribution is 2.37. The second-order valence-corrected chi connectivity index (χ2v) is 8.39. The van der Waals surface area contributed by atoms with Crippen LogP contribution in [0.15, 0.2) is 24.3 Å². The zero-order chi connectivity index (χ0) is 18.6. The van der Waals surface area contributed by atoms with Crippen molar-refractivity contribution < 1.29 is 14.6 Å². The van der Waals surface area contributed by atoms with Crippen molar-refractivity contribution in [3.05, 3.63) is 24.3 Å². The number of aliphatic carboxylic acids is 1. The third kappa shape index (κ3) is 5.38. The van der Waals surface area contributed by atoms with Gasteiger partial charge < -0.3 is 15.2 Å². The van der Waals surface area contributed by atoms with Gasteiger partial charge in [-0.1, -0.05) is 33.6 Å². The molecule has 4 heteroatoms. The summed E-state index contributed by atoms with van der Waals surface area (Å²) >= 11 is 0. The van der Waals surface area contributed by atoms with E-state index in [2.05, 4.69) is 26.1 Å². The van der Waals surface area contributed by atoms with Gasteiger partial charge in [-0.15, -0.1) is 0 Å². The van der Waals surface area contributed by atoms with Gasteiger partial charge in [0.25, 0.3) is 0 Å². The summed E-state index contributed by atoms with van der Waals surface area (Å²) in [6.07, 6.45) is 5.02. The first kappa shape index (κ1) is 19.6. The number of rotatable bonds is 7. The summed E-state index contributed by atoms with van der Waals surface area (Å²) in [6, 6.07) is 7.05. The average molecular weight is 347 g/mol. The van der Waals surface area contributed by atoms with E-state index in [-0.39, 0.29) is 11.5 Å². The molecular formula is C21H33NO3. The molecule has 0 aliphatic heterocycles. The Labute approximate surface area is 152 Å². The van der Waals surface area contributed by atoms with Crippen LogP contribution in [0.3, 0.4) is 0 Å². The van der Waals surface area contributed by atoms with Crippen LogP contribution in [0.1, 0.15) is 60.3 Å². The molecule has 1 aliphatic carbocycles. The lowest BCUT2D eigenvalue weighted by Crippen LogP contribution is -2.39. The summed E-state index contributed by atoms with van der Waals surface area (Å²) in [5.41, 5.74) is 0.620. The molecule has 0 aromatic heterocycles. The molecule has 2 N–H and O–H groups in total. The molecule has 140 valence electrons. The van der Waals surface area contributed by atoms with E-state index in [1.807, 2.05) is 38.1 Å². The minimum absolute atomic E-state index is 0.0149. The fraction of sp³-hybridized carbons (Fsp3) is 0.667. The van der Waals surface area contributed by atoms with Gasteiger partial charge in [-0.25, -0.2) is 4.79 Å². The number of carbonyl (C=O) groups is 1. The molecule has 0 unspecified atom stereocenters. The predicted octanol–water partition coefficient (Wildman–Crippen LogP) is 5.19. The van der Waals surface area contributed by atoms with Crippen LogP contribution in [0.5, 0.6) is 5.75 Å². The molecule has 2 rings (SSSR count). The molecule has 1 aliphatic rings. The van der Waals surface area contributed by atoms with Gasteiger partial charge in [0.05, 0.1) is 0 Å². The van der Waals surface area contributed by atoms with E-state index in [0.29, 0.717) is 5.92 Å². The molecule has 25 heavy (non-hydrogen) atoms. The largest absolute Gasteiger partial charge is 0.488 e. The van der Waals surface area contributed by atoms with E-state index < -0.39 is 12.0 Å². The fourth-order valence-corrected chi connectivity index (χ4v) is 3.65. The number of carboxylic acid groups (broad SMARTS) is 1. The lowest BCUT2D eigenvalue weighted by Gasteiger charge is -2.38. The number of benzene rings is 1. The smallest absolute Gasteiger partial charge is 0.326 e. The quantitative estimate of drug-likeness (QED) is 0.712. The number of hydrogen-bond donors (Lipinski definition) is 2. The zero-order valence-corrected chi connectivity index (χ0v) is 16.2. The van der Waals surface area contributed by atoms with Crippen LogP contribution in [0.4, 0.5) is 5.69 Å². The number of anilines is 1. The van der Waals surface area contributed by atoms with Gasteiger partial charge >= 0.3 is 5.97 Å². The van der Waals surface area contributed by atoms with Gasteiger partial charge in [0, 0.05) is 5.69 Å². The highest BCUT2D eigenvalue weighted by atomic mass is 16.5. The third-order valence-electron chi connectivity index (χ3n) is 5.49. The van der Waals surface area contributed by atoms with E-state index in [1.54, 1.807) is 0 Å². The first-order chi connectivity index (χ1) is 11.7. The summed E-state index contributed by atoms with van der Waals surface area (Å²) in [5.74, 6) is 1.44. The van der Waals surface area contributed by atoms with Crippen molar-refractivity contribution in [2.75, 3.05) is 5.32 Å². The van der Waals surface area contributed by atoms with E-state index in [4.69, 9.17) is 4.74 Å². The van der Waals surface area contributed by atoms with Crippen molar-refractivity contribution in [2.24, 2.45) is 17.8 Å². The topological polar surface area (TPSA) is 58.6 Å². The number of ether oxygens (including phenoxy) is 1. The van der Waals surface area contributed by atoms with Gasteiger partial charge in [-0.3, -0.25) is 0 Å². The SMILES string of the molecule is CC1CCC(C(C)(C)Oc2ccc(N[C@H](C(=O)O)C(C)C)cc2)CC1. The Morgan fingerprint density at radius 2 is 1.72 bits per heavy atom. The van der Waals surface area contributed by atoms with Crippen LogP contribution < -0.4 is 10.1 Å². The minimum atomic E-state index is -0.831. The first-order valence-corrected chi connectivity index (χ1v) is 9.47. The van der Waals surface area contributed by atoms with Crippen LogP contribution in [-0.2, 0) is 4.79 Å². The Bertz CT molecular complexity index is 557. The summed E-state index contributed by atoms with van der Waals surface area (Å²) in [5, 5.41) is 12.4. The maximum absolute atomic E-state index is 11.3. The highest BCUT2D eigenvalue weighted by molar-refractivity contribution is 5.77. The van der Waals surface area contributed by atoms with Gasteiger partial charge in [0.2, 0.25) is 0 Å². The van der Waals surface area contributed by atoms with Gasteiger partial charge in [-0.05, 0) is 68.7 Å². The van der Waals surface area contributed by atoms with E-state index in [9.17, 15) is 9.90 Å². The van der Waals surface area contributed by atoms with Gasteiger partial charge in [0.15, 0.2) is 0 Å². The highest BCUT2D eigenvalue weighted by Gasteiger charge is 2.34. The molecule has 1 atom stereocenters. The van der Waals surface area contributed by atoms with Crippen molar-refractivity contribution in [2.45, 2.75) is 71.9 Å². The maximum Gasteiger partial charge on any atom is 0.326 e. The average Bonchev–Trinajstić information content (AvgIpc) is 2.53. The first-order valence-electron chi connectivity index (χ1n) is 9.47. The standard InChI is InChI=1S/C21H33NO3/c1-14(2)19(20(23)24)22-17-10-12-18(13-11-17)25-21(4,5)16-8-6-15(3)7-9-16/h10-16,19,22H,6-9H2,1-5H3,(H,23,24)/t15?,16?,19-/m0/s1. The summed E-state index contributed by atoms with van der Waals surface area (Å²) in [4.78, 5) is 11.3. The van der Waals surface area contributed by atoms with Crippen molar-refractivity contribution in [1.82, 2.24) is 0 Å². The molecule has 1 aromatic carbocycles. The van der Waals surface area contributed by atoms with Crippen molar-refractivity contribution >= 4 is 11.7 Å². The van der Waals surface area contributed by atoms with E-state index >= 15 is 0 Å². The maximum atomic E-state index is 11.3. The molecule has 0 saturated heterocycles. The molecule has 0 spiro atoms. The van der Waals surface area contributed by atoms with Crippen molar-refractivity contribution in [3.8, 4) is 5.75 Å². The monoisotopic (exact) mass is 347 g/mol. The van der Waals surface area contributed by atoms with Crippen LogP contribution in [0.2, 0.25) is 0 Å². The van der Waals surface area contributed by atoms with E-state index in [1.165, 1.54) is 25.7 Å². The van der Waals surface area contributed by atoms with Gasteiger partial charge in [0.1, 0.15) is 17.4 Å². The van der Waals surface area contributed by atoms with Crippen LogP contribution in [0, 0.1) is 17.8 Å². The Balaban J connectivity index is 1.98. The van der Waals surface area contributed by atoms with Crippen LogP contribution >= 0.6 is 0 Å². The van der Waals surface area contributed by atoms with Crippen molar-refractivity contribution in [1.29, 1.82) is 0 Å². The van der Waals surface area contributed by atoms with Gasteiger partial charge in [-0.2, -0.15) is 0 Å². The number of carboxylic acids is 1. The van der Waals surface area contributed by atoms with E-state index in [0.717, 1.165) is 17.4 Å². The molecule has 1 saturated carbocycles. The lowest BCUT2D eigenvalue weighted by atomic mass is 9.75. The Morgan fingerprint density at radius 3 is 2.20 bits per heavy atom. The summed E-state index contributed by atoms with van der Waals surface area (Å²) in [7, 11) is 0. The molecule has 1 fully saturated rings. The Morgan fingerprint density at radius 1 is 1.16 bits per heavy atom. The normalized spacial score (nSPS) is 22.5. The molecular weight excluding hydrogens is 314 g/mol. The van der Waals surface area contributed by atoms with Crippen molar-refractivity contribution in [3.63, 3.8) is 0 Å². The predicted molar refractivity (Wildman–Crippen MR) is 102 cm³/mol. The lowest BCUT2D eigenvalue weighted by molar-refractivity contribution is -0.138. The second kappa shape index (κ2) is 8.11. The number of hydrogen-bond acceptors (Lipinski definition) is 3. The second-order valence-electron chi connectivity index (χ2n) is 8.39. The molecule has 0 amide bonds. The van der Waals surface area contributed by atoms with Crippen LogP contribution in [0.25, 0.3) is 0 Å². The molecule has 0 radical (unpaired) electrons. The summed E-state index contributed by atoms with van der Waals surface area (Å²) in [6.45, 7) is 10.5. The van der Waals surface area contributed by atoms with Crippen LogP contribution in [-0.4, -0.2) is 22.7 Å². The molecule has 1 aromatic rings. The molecule has 0 bridgehead atoms. The fourth-order valence-electron chi connectivity index (χ4n) is 3.65.